The van der Waals surface area contributed by atoms with Gasteiger partial charge < -0.3 is 0 Å². The SMILES string of the molecule is COc1cccc(N2C3=C(CCC3)C([As])c3cc(Cl)ccc32)c1. The minimum absolute atomic E-state index is 0.385. The van der Waals surface area contributed by atoms with Crippen molar-refractivity contribution in [2.24, 2.45) is 0 Å². The van der Waals surface area contributed by atoms with Crippen LogP contribution in [0.2, 0.25) is 5.02 Å². The molecule has 1 unspecified atom stereocenters. The van der Waals surface area contributed by atoms with E-state index in [1.807, 2.05) is 18.2 Å². The van der Waals surface area contributed by atoms with E-state index in [9.17, 15) is 0 Å². The van der Waals surface area contributed by atoms with Crippen LogP contribution in [0.4, 0.5) is 11.4 Å². The van der Waals surface area contributed by atoms with Gasteiger partial charge in [-0.05, 0) is 0 Å². The van der Waals surface area contributed by atoms with E-state index >= 15 is 0 Å². The summed E-state index contributed by atoms with van der Waals surface area (Å²) in [5.41, 5.74) is 6.65. The first-order valence-corrected chi connectivity index (χ1v) is 9.29. The van der Waals surface area contributed by atoms with Crippen LogP contribution in [-0.2, 0) is 0 Å². The quantitative estimate of drug-likeness (QED) is 0.663. The van der Waals surface area contributed by atoms with Crippen LogP contribution < -0.4 is 9.64 Å². The Morgan fingerprint density at radius 2 is 2.04 bits per heavy atom. The summed E-state index contributed by atoms with van der Waals surface area (Å²) in [7, 11) is 1.71. The van der Waals surface area contributed by atoms with Gasteiger partial charge in [0.15, 0.2) is 0 Å². The Labute approximate surface area is 150 Å². The van der Waals surface area contributed by atoms with Gasteiger partial charge in [0.2, 0.25) is 0 Å². The normalized spacial score (nSPS) is 19.6. The molecule has 0 amide bonds. The first kappa shape index (κ1) is 15.2. The predicted molar refractivity (Wildman–Crippen MR) is 96.0 cm³/mol. The third-order valence-electron chi connectivity index (χ3n) is 4.67. The standard InChI is InChI=1S/C19H17AsClNO/c1-23-14-5-2-4-13(11-14)22-17-7-3-6-15(17)19(20)16-10-12(21)8-9-18(16)22/h2,4-5,8-11,19H,3,6-7H2,1H3. The first-order chi connectivity index (χ1) is 11.2. The van der Waals surface area contributed by atoms with E-state index in [1.165, 1.54) is 35.4 Å². The van der Waals surface area contributed by atoms with Crippen LogP contribution in [0.15, 0.2) is 53.7 Å². The van der Waals surface area contributed by atoms with E-state index in [4.69, 9.17) is 16.3 Å². The number of anilines is 2. The molecule has 2 aliphatic rings. The Morgan fingerprint density at radius 3 is 2.87 bits per heavy atom. The number of benzene rings is 2. The van der Waals surface area contributed by atoms with Gasteiger partial charge in [0.05, 0.1) is 0 Å². The molecule has 4 heteroatoms. The van der Waals surface area contributed by atoms with Crippen molar-refractivity contribution in [1.82, 2.24) is 0 Å². The second-order valence-corrected chi connectivity index (χ2v) is 7.49. The monoisotopic (exact) mass is 385 g/mol. The maximum atomic E-state index is 6.26. The molecule has 1 heterocycles. The topological polar surface area (TPSA) is 12.5 Å². The first-order valence-electron chi connectivity index (χ1n) is 7.82. The van der Waals surface area contributed by atoms with Gasteiger partial charge in [-0.15, -0.1) is 0 Å². The Morgan fingerprint density at radius 1 is 1.17 bits per heavy atom. The van der Waals surface area contributed by atoms with E-state index in [-0.39, 0.29) is 0 Å². The Hall–Kier alpha value is -1.37. The molecule has 116 valence electrons. The number of nitrogens with zero attached hydrogens (tertiary/aromatic N) is 1. The van der Waals surface area contributed by atoms with E-state index in [0.29, 0.717) is 4.71 Å². The molecule has 0 bridgehead atoms. The van der Waals surface area contributed by atoms with Crippen LogP contribution in [0.25, 0.3) is 0 Å². The van der Waals surface area contributed by atoms with Crippen molar-refractivity contribution in [3.05, 3.63) is 64.3 Å². The number of hydrogen-bond acceptors (Lipinski definition) is 2. The fraction of sp³-hybridized carbons (Fsp3) is 0.263. The van der Waals surface area contributed by atoms with Crippen molar-refractivity contribution < 1.29 is 4.74 Å². The van der Waals surface area contributed by atoms with Crippen molar-refractivity contribution in [2.45, 2.75) is 24.0 Å². The summed E-state index contributed by atoms with van der Waals surface area (Å²) in [6.07, 6.45) is 3.52. The molecule has 1 aliphatic carbocycles. The second kappa shape index (κ2) is 5.92. The molecule has 0 saturated carbocycles. The third-order valence-corrected chi connectivity index (χ3v) is 6.14. The molecular weight excluding hydrogens is 369 g/mol. The molecule has 1 aliphatic heterocycles. The van der Waals surface area contributed by atoms with Crippen molar-refractivity contribution in [2.75, 3.05) is 12.0 Å². The van der Waals surface area contributed by atoms with E-state index in [1.54, 1.807) is 7.11 Å². The van der Waals surface area contributed by atoms with E-state index < -0.39 is 0 Å². The summed E-state index contributed by atoms with van der Waals surface area (Å²) in [5.74, 6) is 0.882. The van der Waals surface area contributed by atoms with Crippen LogP contribution in [0.1, 0.15) is 29.5 Å². The molecule has 0 aromatic heterocycles. The van der Waals surface area contributed by atoms with Gasteiger partial charge in [-0.1, -0.05) is 0 Å². The molecule has 2 aromatic carbocycles. The van der Waals surface area contributed by atoms with Crippen LogP contribution >= 0.6 is 11.6 Å². The number of methoxy groups -OCH3 is 1. The zero-order chi connectivity index (χ0) is 16.0. The fourth-order valence-electron chi connectivity index (χ4n) is 3.63. The number of rotatable bonds is 2. The van der Waals surface area contributed by atoms with E-state index in [2.05, 4.69) is 46.0 Å². The molecule has 0 spiro atoms. The Bertz CT molecular complexity index is 802. The molecule has 1 atom stereocenters. The van der Waals surface area contributed by atoms with Crippen molar-refractivity contribution >= 4 is 39.8 Å². The van der Waals surface area contributed by atoms with Crippen molar-refractivity contribution in [3.63, 3.8) is 0 Å². The second-order valence-electron chi connectivity index (χ2n) is 5.97. The number of ether oxygens (including phenoxy) is 1. The summed E-state index contributed by atoms with van der Waals surface area (Å²) in [6.45, 7) is 0. The molecule has 2 aromatic rings. The third kappa shape index (κ3) is 2.49. The number of allylic oxidation sites excluding steroid dienone is 2. The number of hydrogen-bond donors (Lipinski definition) is 0. The Balaban J connectivity index is 1.92. The number of fused-ring (bicyclic) bond motifs is 1. The summed E-state index contributed by atoms with van der Waals surface area (Å²) < 4.78 is 5.80. The molecule has 0 N–H and O–H groups in total. The van der Waals surface area contributed by atoms with Gasteiger partial charge in [-0.3, -0.25) is 0 Å². The molecule has 23 heavy (non-hydrogen) atoms. The zero-order valence-electron chi connectivity index (χ0n) is 12.9. The van der Waals surface area contributed by atoms with Gasteiger partial charge >= 0.3 is 151 Å². The molecule has 2 radical (unpaired) electrons. The summed E-state index contributed by atoms with van der Waals surface area (Å²) in [6, 6.07) is 14.5. The summed E-state index contributed by atoms with van der Waals surface area (Å²) in [5, 5.41) is 0.799. The van der Waals surface area contributed by atoms with Crippen LogP contribution in [0, 0.1) is 0 Å². The Kier molecular flexibility index (Phi) is 3.91. The molecular formula is C19H17AsClNO. The molecule has 0 saturated heterocycles. The fourth-order valence-corrected chi connectivity index (χ4v) is 4.82. The zero-order valence-corrected chi connectivity index (χ0v) is 15.6. The van der Waals surface area contributed by atoms with E-state index in [0.717, 1.165) is 22.9 Å². The molecule has 0 fully saturated rings. The number of halogens is 1. The molecule has 2 nitrogen and oxygen atoms in total. The van der Waals surface area contributed by atoms with Crippen LogP contribution in [0.5, 0.6) is 5.75 Å². The van der Waals surface area contributed by atoms with Crippen molar-refractivity contribution in [1.29, 1.82) is 0 Å². The van der Waals surface area contributed by atoms with Crippen molar-refractivity contribution in [3.8, 4) is 5.75 Å². The average Bonchev–Trinajstić information content (AvgIpc) is 3.05. The predicted octanol–water partition coefficient (Wildman–Crippen LogP) is 5.15. The van der Waals surface area contributed by atoms with Gasteiger partial charge in [0, 0.05) is 0 Å². The van der Waals surface area contributed by atoms with Gasteiger partial charge in [-0.2, -0.15) is 0 Å². The summed E-state index contributed by atoms with van der Waals surface area (Å²) >= 11 is 9.10. The minimum atomic E-state index is 0.385. The van der Waals surface area contributed by atoms with Gasteiger partial charge in [0.1, 0.15) is 0 Å². The maximum absolute atomic E-state index is 6.26. The summed E-state index contributed by atoms with van der Waals surface area (Å²) in [4.78, 5) is 2.39. The van der Waals surface area contributed by atoms with Gasteiger partial charge in [0.25, 0.3) is 0 Å². The average molecular weight is 386 g/mol. The van der Waals surface area contributed by atoms with Crippen LogP contribution in [0.3, 0.4) is 0 Å². The van der Waals surface area contributed by atoms with Crippen LogP contribution in [-0.4, -0.2) is 24.0 Å². The van der Waals surface area contributed by atoms with Gasteiger partial charge in [-0.25, -0.2) is 0 Å². The molecule has 4 rings (SSSR count).